The molecule has 0 aliphatic carbocycles. The monoisotopic (exact) mass is 1130 g/mol. The Kier molecular flexibility index (Phi) is 17.5. The van der Waals surface area contributed by atoms with E-state index in [-0.39, 0.29) is 23.7 Å². The number of benzene rings is 6. The molecular weight excluding hydrogens is 1060 g/mol. The smallest absolute Gasteiger partial charge is 0.311 e. The molecule has 1 N–H and O–H groups in total. The highest BCUT2D eigenvalue weighted by Gasteiger charge is 2.41. The summed E-state index contributed by atoms with van der Waals surface area (Å²) in [6.07, 6.45) is 2.62. The summed E-state index contributed by atoms with van der Waals surface area (Å²) in [6.45, 7) is 9.00. The molecule has 12 rings (SSSR count). The topological polar surface area (TPSA) is 228 Å². The van der Waals surface area contributed by atoms with E-state index in [4.69, 9.17) is 23.0 Å². The molecule has 2 fully saturated rings. The number of aromatic nitrogens is 10. The van der Waals surface area contributed by atoms with Crippen molar-refractivity contribution in [2.24, 2.45) is 23.7 Å². The quantitative estimate of drug-likeness (QED) is 0.0660. The molecule has 0 saturated carbocycles. The van der Waals surface area contributed by atoms with Gasteiger partial charge in [-0.25, -0.2) is 9.97 Å². The van der Waals surface area contributed by atoms with Gasteiger partial charge in [0, 0.05) is 50.1 Å². The summed E-state index contributed by atoms with van der Waals surface area (Å²) in [4.78, 5) is 38.5. The highest BCUT2D eigenvalue weighted by atomic mass is 16.5. The van der Waals surface area contributed by atoms with Crippen LogP contribution in [0.15, 0.2) is 179 Å². The minimum atomic E-state index is -0.810. The van der Waals surface area contributed by atoms with Gasteiger partial charge in [-0.05, 0) is 150 Å². The maximum absolute atomic E-state index is 13.0. The van der Waals surface area contributed by atoms with Crippen molar-refractivity contribution >= 4 is 23.8 Å². The predicted molar refractivity (Wildman–Crippen MR) is 313 cm³/mol. The molecular formula is C64H64N12O8. The lowest BCUT2D eigenvalue weighted by Gasteiger charge is -2.17. The first kappa shape index (κ1) is 55.9. The Morgan fingerprint density at radius 2 is 0.940 bits per heavy atom. The number of carboxylic acids is 1. The van der Waals surface area contributed by atoms with Crippen molar-refractivity contribution in [2.45, 2.75) is 46.5 Å². The number of carboxylic acid groups (broad SMARTS) is 1. The van der Waals surface area contributed by atoms with Crippen molar-refractivity contribution in [1.29, 1.82) is 0 Å². The molecule has 10 aromatic rings. The number of para-hydroxylation sites is 2. The van der Waals surface area contributed by atoms with E-state index >= 15 is 0 Å². The van der Waals surface area contributed by atoms with Gasteiger partial charge < -0.3 is 38.0 Å². The number of aliphatic carboxylic acids is 1. The van der Waals surface area contributed by atoms with Crippen molar-refractivity contribution in [3.8, 4) is 45.8 Å². The van der Waals surface area contributed by atoms with Crippen LogP contribution in [-0.2, 0) is 40.0 Å². The van der Waals surface area contributed by atoms with Crippen molar-refractivity contribution in [3.63, 3.8) is 0 Å². The van der Waals surface area contributed by atoms with Gasteiger partial charge in [-0.3, -0.25) is 9.59 Å². The summed E-state index contributed by atoms with van der Waals surface area (Å²) >= 11 is 0. The number of hydrogen-bond acceptors (Lipinski definition) is 17. The van der Waals surface area contributed by atoms with Gasteiger partial charge in [-0.1, -0.05) is 107 Å². The van der Waals surface area contributed by atoms with Crippen LogP contribution in [0.2, 0.25) is 0 Å². The molecule has 20 heteroatoms. The average Bonchev–Trinajstić information content (AvgIpc) is 3.89. The van der Waals surface area contributed by atoms with Gasteiger partial charge >= 0.3 is 11.9 Å². The number of aryl methyl sites for hydroxylation is 2. The number of rotatable bonds is 21. The second-order valence-electron chi connectivity index (χ2n) is 20.8. The van der Waals surface area contributed by atoms with E-state index in [1.54, 1.807) is 9.36 Å². The Morgan fingerprint density at radius 1 is 0.536 bits per heavy atom. The maximum Gasteiger partial charge on any atom is 0.311 e. The zero-order valence-electron chi connectivity index (χ0n) is 46.9. The number of hydrogen-bond donors (Lipinski definition) is 1. The number of nitrogens with zero attached hydrogens (tertiary/aromatic N) is 12. The predicted octanol–water partition coefficient (Wildman–Crippen LogP) is 9.73. The lowest BCUT2D eigenvalue weighted by Crippen LogP contribution is -2.27. The van der Waals surface area contributed by atoms with Crippen LogP contribution in [-0.4, -0.2) is 113 Å². The van der Waals surface area contributed by atoms with E-state index in [0.717, 1.165) is 68.0 Å². The molecule has 0 amide bonds. The van der Waals surface area contributed by atoms with Crippen LogP contribution < -0.4 is 19.3 Å². The first-order valence-electron chi connectivity index (χ1n) is 28.2. The Labute approximate surface area is 485 Å². The Morgan fingerprint density at radius 3 is 1.36 bits per heavy atom. The molecule has 0 bridgehead atoms. The van der Waals surface area contributed by atoms with Gasteiger partial charge in [0.2, 0.25) is 23.7 Å². The fourth-order valence-corrected chi connectivity index (χ4v) is 10.8. The molecule has 0 unspecified atom stereocenters. The zero-order chi connectivity index (χ0) is 57.8. The van der Waals surface area contributed by atoms with Gasteiger partial charge in [0.1, 0.15) is 23.0 Å². The van der Waals surface area contributed by atoms with Crippen LogP contribution >= 0.6 is 0 Å². The summed E-state index contributed by atoms with van der Waals surface area (Å²) in [6, 6.07) is 55.0. The highest BCUT2D eigenvalue weighted by molar-refractivity contribution is 5.75. The Hall–Kier alpha value is -9.98. The largest absolute Gasteiger partial charge is 0.493 e. The number of carbonyl (C=O) groups is 2. The zero-order valence-corrected chi connectivity index (χ0v) is 46.9. The number of carbonyl (C=O) groups excluding carboxylic acids is 1. The van der Waals surface area contributed by atoms with E-state index in [9.17, 15) is 14.7 Å². The average molecular weight is 1130 g/mol. The van der Waals surface area contributed by atoms with Crippen LogP contribution in [0.5, 0.6) is 11.5 Å². The van der Waals surface area contributed by atoms with E-state index in [2.05, 4.69) is 58.1 Å². The Bertz CT molecular complexity index is 3730. The van der Waals surface area contributed by atoms with Gasteiger partial charge in [0.25, 0.3) is 0 Å². The molecule has 0 spiro atoms. The van der Waals surface area contributed by atoms with Crippen molar-refractivity contribution in [3.05, 3.63) is 204 Å². The Balaban J connectivity index is 0.000000176. The number of esters is 1. The minimum absolute atomic E-state index is 0.0423. The van der Waals surface area contributed by atoms with Gasteiger partial charge in [-0.2, -0.15) is 9.36 Å². The first-order valence-corrected chi connectivity index (χ1v) is 28.2. The van der Waals surface area contributed by atoms with E-state index in [1.807, 2.05) is 183 Å². The van der Waals surface area contributed by atoms with Crippen LogP contribution in [0.1, 0.15) is 41.0 Å². The molecule has 20 nitrogen and oxygen atoms in total. The lowest BCUT2D eigenvalue weighted by atomic mass is 9.90. The fraction of sp³-hybridized carbons (Fsp3) is 0.281. The lowest BCUT2D eigenvalue weighted by molar-refractivity contribution is -0.148. The SMILES string of the molecule is CCOC(=O)[C@H]1CN(c2nnnn2-c2ccccc2)C[C@H]1Cc1ccc(OCCc2nc(-c3ccccc3)oc2C)cc1.Cc1oc(-c2ccccc2)nc1CCOc1ccc(C[C@@H]2CN(c3nnnn3-c3ccccc3)C[C@@H]2C(=O)O)cc1. The number of ether oxygens (including phenoxy) is 3. The molecule has 0 radical (unpaired) electrons. The van der Waals surface area contributed by atoms with Crippen molar-refractivity contribution in [1.82, 2.24) is 50.4 Å². The third-order valence-electron chi connectivity index (χ3n) is 15.1. The van der Waals surface area contributed by atoms with Crippen LogP contribution in [0.25, 0.3) is 34.3 Å². The van der Waals surface area contributed by atoms with Crippen molar-refractivity contribution in [2.75, 3.05) is 55.8 Å². The molecule has 2 aliphatic heterocycles. The van der Waals surface area contributed by atoms with E-state index in [1.165, 1.54) is 0 Å². The molecule has 6 aromatic carbocycles. The summed E-state index contributed by atoms with van der Waals surface area (Å²) in [5, 5.41) is 34.5. The minimum Gasteiger partial charge on any atom is -0.493 e. The normalized spacial score (nSPS) is 16.5. The molecule has 2 saturated heterocycles. The molecule has 84 heavy (non-hydrogen) atoms. The van der Waals surface area contributed by atoms with Crippen molar-refractivity contribution < 1.29 is 37.7 Å². The summed E-state index contributed by atoms with van der Waals surface area (Å²) in [7, 11) is 0. The second kappa shape index (κ2) is 26.3. The third kappa shape index (κ3) is 13.3. The van der Waals surface area contributed by atoms with Gasteiger partial charge in [0.15, 0.2) is 0 Å². The van der Waals surface area contributed by atoms with Crippen LogP contribution in [0, 0.1) is 37.5 Å². The first-order chi connectivity index (χ1) is 41.1. The van der Waals surface area contributed by atoms with Crippen LogP contribution in [0.4, 0.5) is 11.9 Å². The third-order valence-corrected chi connectivity index (χ3v) is 15.1. The number of tetrazole rings is 2. The molecule has 2 aliphatic rings. The summed E-state index contributed by atoms with van der Waals surface area (Å²) in [5.74, 6) is 3.67. The summed E-state index contributed by atoms with van der Waals surface area (Å²) in [5.41, 5.74) is 7.54. The van der Waals surface area contributed by atoms with Gasteiger partial charge in [0.05, 0.1) is 54.4 Å². The second-order valence-corrected chi connectivity index (χ2v) is 20.8. The number of oxazole rings is 2. The van der Waals surface area contributed by atoms with Crippen LogP contribution in [0.3, 0.4) is 0 Å². The molecule has 4 atom stereocenters. The molecule has 4 aromatic heterocycles. The molecule has 428 valence electrons. The summed E-state index contributed by atoms with van der Waals surface area (Å²) < 4.78 is 32.5. The van der Waals surface area contributed by atoms with E-state index in [0.29, 0.717) is 95.4 Å². The maximum atomic E-state index is 13.0. The highest BCUT2D eigenvalue weighted by Crippen LogP contribution is 2.34. The molecule has 6 heterocycles. The van der Waals surface area contributed by atoms with Gasteiger partial charge in [-0.15, -0.1) is 0 Å². The fourth-order valence-electron chi connectivity index (χ4n) is 10.8. The van der Waals surface area contributed by atoms with E-state index < -0.39 is 11.9 Å². The standard InChI is InChI=1S/C33H34N6O4.C31H30N6O4/c1-3-41-32(40)29-22-38(33-35-36-37-39(33)27-12-8-5-9-13-27)21-26(29)20-24-14-16-28(17-15-24)42-19-18-30-23(2)43-31(34-30)25-10-6-4-7-11-25;1-21-28(32-29(41-21)23-8-4-2-5-9-23)16-17-40-26-14-12-22(13-15-26)18-24-19-36(20-27(24)30(38)39)31-33-34-35-37(31)25-10-6-3-7-11-25/h4-17,26,29H,3,18-22H2,1-2H3;2-15,24,27H,16-20H2,1H3,(H,38,39)/t26-,29+;24-,27+/m11/s1. The number of anilines is 2.